The molecule has 0 aliphatic rings. The molecule has 0 aliphatic heterocycles. The lowest BCUT2D eigenvalue weighted by atomic mass is 10.1. The van der Waals surface area contributed by atoms with Crippen molar-refractivity contribution in [1.29, 1.82) is 0 Å². The van der Waals surface area contributed by atoms with Crippen LogP contribution < -0.4 is 10.1 Å². The molecule has 34 heavy (non-hydrogen) atoms. The van der Waals surface area contributed by atoms with Gasteiger partial charge < -0.3 is 14.5 Å². The molecule has 2 aromatic carbocycles. The molecule has 1 N–H and O–H groups in total. The number of carbonyl (C=O) groups excluding carboxylic acids is 1. The van der Waals surface area contributed by atoms with Gasteiger partial charge in [0.2, 0.25) is 0 Å². The Hall–Kier alpha value is -3.22. The van der Waals surface area contributed by atoms with Crippen molar-refractivity contribution >= 4 is 34.8 Å². The van der Waals surface area contributed by atoms with Gasteiger partial charge in [-0.3, -0.25) is 9.48 Å². The first-order chi connectivity index (χ1) is 16.2. The van der Waals surface area contributed by atoms with Crippen LogP contribution in [0.1, 0.15) is 44.4 Å². The van der Waals surface area contributed by atoms with Crippen LogP contribution in [-0.2, 0) is 13.2 Å². The number of aromatic nitrogens is 2. The summed E-state index contributed by atoms with van der Waals surface area (Å²) in [5.41, 5.74) is 5.10. The molecule has 0 saturated heterocycles. The minimum Gasteiger partial charge on any atom is -0.486 e. The van der Waals surface area contributed by atoms with Gasteiger partial charge in [0.05, 0.1) is 23.6 Å². The van der Waals surface area contributed by atoms with Gasteiger partial charge in [0.1, 0.15) is 18.1 Å². The first-order valence-electron chi connectivity index (χ1n) is 10.8. The number of furan rings is 1. The fourth-order valence-corrected chi connectivity index (χ4v) is 4.31. The Kier molecular flexibility index (Phi) is 7.00. The monoisotopic (exact) mass is 497 g/mol. The van der Waals surface area contributed by atoms with E-state index in [0.717, 1.165) is 28.1 Å². The van der Waals surface area contributed by atoms with Crippen LogP contribution in [0.25, 0.3) is 0 Å². The molecule has 0 bridgehead atoms. The van der Waals surface area contributed by atoms with Gasteiger partial charge in [-0.2, -0.15) is 5.10 Å². The fourth-order valence-electron chi connectivity index (χ4n) is 3.79. The third-order valence-corrected chi connectivity index (χ3v) is 6.16. The van der Waals surface area contributed by atoms with E-state index < -0.39 is 0 Å². The van der Waals surface area contributed by atoms with Crippen molar-refractivity contribution < 1.29 is 13.9 Å². The van der Waals surface area contributed by atoms with E-state index in [-0.39, 0.29) is 18.3 Å². The van der Waals surface area contributed by atoms with E-state index in [2.05, 4.69) is 16.5 Å². The van der Waals surface area contributed by atoms with Gasteiger partial charge in [0.25, 0.3) is 5.91 Å². The third kappa shape index (κ3) is 5.29. The predicted octanol–water partition coefficient (Wildman–Crippen LogP) is 6.90. The number of nitrogens with zero attached hydrogens (tertiary/aromatic N) is 2. The van der Waals surface area contributed by atoms with Gasteiger partial charge in [-0.1, -0.05) is 35.3 Å². The van der Waals surface area contributed by atoms with Crippen molar-refractivity contribution in [1.82, 2.24) is 9.78 Å². The van der Waals surface area contributed by atoms with Gasteiger partial charge in [-0.05, 0) is 75.2 Å². The van der Waals surface area contributed by atoms with Crippen molar-refractivity contribution in [2.45, 2.75) is 40.8 Å². The molecular formula is C26H25Cl2N3O3. The molecule has 0 spiro atoms. The maximum Gasteiger partial charge on any atom is 0.291 e. The summed E-state index contributed by atoms with van der Waals surface area (Å²) in [6.07, 6.45) is 0. The molecule has 4 aromatic rings. The second-order valence-electron chi connectivity index (χ2n) is 8.24. The van der Waals surface area contributed by atoms with Crippen LogP contribution in [0, 0.1) is 27.7 Å². The zero-order chi connectivity index (χ0) is 24.4. The van der Waals surface area contributed by atoms with Crippen LogP contribution in [0.3, 0.4) is 0 Å². The lowest BCUT2D eigenvalue weighted by Gasteiger charge is -2.09. The van der Waals surface area contributed by atoms with Crippen LogP contribution in [0.2, 0.25) is 10.0 Å². The third-order valence-electron chi connectivity index (χ3n) is 5.45. The summed E-state index contributed by atoms with van der Waals surface area (Å²) in [6.45, 7) is 8.37. The standard InChI is InChI=1S/C26H25Cl2N3O3/c1-15-10-16(2)12-20(11-15)33-14-19-8-9-24(34-19)26(32)29-25-17(3)30-31(18(25)4)13-21-22(27)6-5-7-23(21)28/h5-12H,13-14H2,1-4H3,(H,29,32). The molecule has 176 valence electrons. The molecule has 0 unspecified atom stereocenters. The van der Waals surface area contributed by atoms with Crippen LogP contribution in [0.5, 0.6) is 5.75 Å². The molecule has 0 fully saturated rings. The number of hydrogen-bond donors (Lipinski definition) is 1. The van der Waals surface area contributed by atoms with E-state index in [1.807, 2.05) is 39.8 Å². The minimum atomic E-state index is -0.362. The summed E-state index contributed by atoms with van der Waals surface area (Å²) in [6, 6.07) is 14.7. The quantitative estimate of drug-likeness (QED) is 0.301. The van der Waals surface area contributed by atoms with Gasteiger partial charge in [0, 0.05) is 15.6 Å². The van der Waals surface area contributed by atoms with Crippen LogP contribution >= 0.6 is 23.2 Å². The van der Waals surface area contributed by atoms with E-state index in [9.17, 15) is 4.79 Å². The number of nitrogens with one attached hydrogen (secondary N) is 1. The Morgan fingerprint density at radius 2 is 1.71 bits per heavy atom. The summed E-state index contributed by atoms with van der Waals surface area (Å²) >= 11 is 12.6. The number of hydrogen-bond acceptors (Lipinski definition) is 4. The highest BCUT2D eigenvalue weighted by Gasteiger charge is 2.19. The highest BCUT2D eigenvalue weighted by molar-refractivity contribution is 6.36. The van der Waals surface area contributed by atoms with Gasteiger partial charge in [0.15, 0.2) is 5.76 Å². The summed E-state index contributed by atoms with van der Waals surface area (Å²) in [5, 5.41) is 8.59. The molecule has 0 radical (unpaired) electrons. The molecule has 0 aliphatic carbocycles. The molecule has 6 nitrogen and oxygen atoms in total. The van der Waals surface area contributed by atoms with Crippen molar-refractivity contribution in [3.05, 3.63) is 98.2 Å². The van der Waals surface area contributed by atoms with E-state index in [1.54, 1.807) is 35.0 Å². The summed E-state index contributed by atoms with van der Waals surface area (Å²) in [4.78, 5) is 12.8. The second-order valence-corrected chi connectivity index (χ2v) is 9.05. The van der Waals surface area contributed by atoms with E-state index in [4.69, 9.17) is 32.4 Å². The molecule has 4 rings (SSSR count). The van der Waals surface area contributed by atoms with Crippen LogP contribution in [-0.4, -0.2) is 15.7 Å². The summed E-state index contributed by atoms with van der Waals surface area (Å²) in [7, 11) is 0. The van der Waals surface area contributed by atoms with Gasteiger partial charge >= 0.3 is 0 Å². The Balaban J connectivity index is 1.44. The Morgan fingerprint density at radius 3 is 2.38 bits per heavy atom. The lowest BCUT2D eigenvalue weighted by molar-refractivity contribution is 0.0992. The lowest BCUT2D eigenvalue weighted by Crippen LogP contribution is -2.12. The number of benzene rings is 2. The van der Waals surface area contributed by atoms with E-state index >= 15 is 0 Å². The highest BCUT2D eigenvalue weighted by atomic mass is 35.5. The Bertz CT molecular complexity index is 1320. The largest absolute Gasteiger partial charge is 0.486 e. The maximum absolute atomic E-state index is 12.8. The highest BCUT2D eigenvalue weighted by Crippen LogP contribution is 2.28. The van der Waals surface area contributed by atoms with Crippen LogP contribution in [0.15, 0.2) is 52.9 Å². The Morgan fingerprint density at radius 1 is 1.03 bits per heavy atom. The second kappa shape index (κ2) is 9.95. The first-order valence-corrected chi connectivity index (χ1v) is 11.5. The van der Waals surface area contributed by atoms with Crippen molar-refractivity contribution in [3.8, 4) is 5.75 Å². The van der Waals surface area contributed by atoms with Crippen LogP contribution in [0.4, 0.5) is 5.69 Å². The molecule has 2 aromatic heterocycles. The normalized spacial score (nSPS) is 11.0. The fraction of sp³-hybridized carbons (Fsp3) is 0.231. The van der Waals surface area contributed by atoms with Crippen molar-refractivity contribution in [2.24, 2.45) is 0 Å². The van der Waals surface area contributed by atoms with E-state index in [1.165, 1.54) is 0 Å². The number of aryl methyl sites for hydroxylation is 3. The number of ether oxygens (including phenoxy) is 1. The minimum absolute atomic E-state index is 0.194. The zero-order valence-corrected chi connectivity index (χ0v) is 20.9. The van der Waals surface area contributed by atoms with Crippen molar-refractivity contribution in [2.75, 3.05) is 5.32 Å². The molecular weight excluding hydrogens is 473 g/mol. The maximum atomic E-state index is 12.8. The predicted molar refractivity (Wildman–Crippen MR) is 134 cm³/mol. The van der Waals surface area contributed by atoms with Gasteiger partial charge in [-0.25, -0.2) is 0 Å². The van der Waals surface area contributed by atoms with Gasteiger partial charge in [-0.15, -0.1) is 0 Å². The smallest absolute Gasteiger partial charge is 0.291 e. The van der Waals surface area contributed by atoms with Crippen molar-refractivity contribution in [3.63, 3.8) is 0 Å². The number of carbonyl (C=O) groups is 1. The molecule has 2 heterocycles. The molecule has 0 atom stereocenters. The molecule has 1 amide bonds. The zero-order valence-electron chi connectivity index (χ0n) is 19.4. The topological polar surface area (TPSA) is 69.3 Å². The molecule has 8 heteroatoms. The first kappa shape index (κ1) is 23.9. The summed E-state index contributed by atoms with van der Waals surface area (Å²) < 4.78 is 13.3. The SMILES string of the molecule is Cc1cc(C)cc(OCc2ccc(C(=O)Nc3c(C)nn(Cc4c(Cl)cccc4Cl)c3C)o2)c1. The number of anilines is 1. The Labute approximate surface area is 208 Å². The summed E-state index contributed by atoms with van der Waals surface area (Å²) in [5.74, 6) is 1.15. The number of halogens is 2. The molecule has 0 saturated carbocycles. The average Bonchev–Trinajstić information content (AvgIpc) is 3.35. The number of rotatable bonds is 7. The number of amides is 1. The van der Waals surface area contributed by atoms with E-state index in [0.29, 0.717) is 33.7 Å². The average molecular weight is 498 g/mol.